The lowest BCUT2D eigenvalue weighted by molar-refractivity contribution is 0.524. The smallest absolute Gasteiger partial charge is 0.338 e. The first-order valence-corrected chi connectivity index (χ1v) is 6.28. The first-order chi connectivity index (χ1) is 5.42. The third kappa shape index (κ3) is 1.22. The molecule has 0 spiro atoms. The van der Waals surface area contributed by atoms with E-state index in [1.54, 1.807) is 0 Å². The number of nitrogens with one attached hydrogen (secondary N) is 1. The average Bonchev–Trinajstić information content (AvgIpc) is 2.47. The van der Waals surface area contributed by atoms with Crippen molar-refractivity contribution in [2.24, 2.45) is 0 Å². The van der Waals surface area contributed by atoms with Gasteiger partial charge in [0, 0.05) is 30.5 Å². The monoisotopic (exact) mass is 165 g/mol. The summed E-state index contributed by atoms with van der Waals surface area (Å²) in [7, 11) is 0. The minimum absolute atomic E-state index is 0.0792. The summed E-state index contributed by atoms with van der Waals surface area (Å²) in [5, 5.41) is 3.33. The molecule has 1 N–H and O–H groups in total. The van der Waals surface area contributed by atoms with Crippen molar-refractivity contribution >= 4 is 19.9 Å². The fourth-order valence-electron chi connectivity index (χ4n) is 1.56. The van der Waals surface area contributed by atoms with E-state index in [4.69, 9.17) is 0 Å². The lowest BCUT2D eigenvalue weighted by atomic mass is 10.4. The summed E-state index contributed by atoms with van der Waals surface area (Å²) in [6, 6.07) is 0. The second-order valence-corrected chi connectivity index (χ2v) is 4.19. The molecule has 0 saturated heterocycles. The number of hydrogen-bond donors (Lipinski definition) is 1. The Bertz CT molecular complexity index is 243. The Labute approximate surface area is 72.5 Å². The van der Waals surface area contributed by atoms with Crippen molar-refractivity contribution in [1.82, 2.24) is 14.9 Å². The highest BCUT2D eigenvalue weighted by Crippen LogP contribution is 2.00. The Balaban J connectivity index is 2.38. The largest absolute Gasteiger partial charge is 0.345 e. The first kappa shape index (κ1) is 7.36. The molecule has 0 bridgehead atoms. The Morgan fingerprint density at radius 3 is 3.45 bits per heavy atom. The van der Waals surface area contributed by atoms with Crippen molar-refractivity contribution < 1.29 is 0 Å². The van der Waals surface area contributed by atoms with Crippen LogP contribution >= 0.6 is 0 Å². The summed E-state index contributed by atoms with van der Waals surface area (Å²) < 4.78 is 3.74. The van der Waals surface area contributed by atoms with E-state index in [1.807, 2.05) is 6.20 Å². The Kier molecular flexibility index (Phi) is 1.99. The molecular formula is C7H12AlN3. The maximum Gasteiger partial charge on any atom is 0.338 e. The zero-order valence-corrected chi connectivity index (χ0v) is 8.21. The normalized spacial score (nSPS) is 16.1. The summed E-state index contributed by atoms with van der Waals surface area (Å²) in [4.78, 5) is 4.40. The third-order valence-electron chi connectivity index (χ3n) is 2.16. The fraction of sp³-hybridized carbons (Fsp3) is 0.571. The predicted octanol–water partition coefficient (Wildman–Crippen LogP) is -0.904. The van der Waals surface area contributed by atoms with Gasteiger partial charge in [-0.1, -0.05) is 0 Å². The van der Waals surface area contributed by atoms with Crippen molar-refractivity contribution in [3.8, 4) is 0 Å². The van der Waals surface area contributed by atoms with Crippen LogP contribution in [0.15, 0.2) is 6.20 Å². The van der Waals surface area contributed by atoms with Gasteiger partial charge in [-0.3, -0.25) is 4.98 Å². The van der Waals surface area contributed by atoms with Crippen LogP contribution < -0.4 is 10.0 Å². The molecule has 11 heavy (non-hydrogen) atoms. The zero-order valence-electron chi connectivity index (χ0n) is 6.80. The molecular weight excluding hydrogens is 153 g/mol. The number of rotatable bonds is 1. The summed E-state index contributed by atoms with van der Waals surface area (Å²) in [6.07, 6.45) is 2.01. The van der Waals surface area contributed by atoms with Gasteiger partial charge < -0.3 is 9.88 Å². The molecule has 0 atom stereocenters. The van der Waals surface area contributed by atoms with Crippen molar-refractivity contribution in [3.05, 3.63) is 11.9 Å². The average molecular weight is 165 g/mol. The molecule has 0 aromatic carbocycles. The van der Waals surface area contributed by atoms with Gasteiger partial charge in [-0.05, 0) is 0 Å². The van der Waals surface area contributed by atoms with Crippen LogP contribution in [0.5, 0.6) is 0 Å². The molecule has 0 unspecified atom stereocenters. The second kappa shape index (κ2) is 2.98. The van der Waals surface area contributed by atoms with Gasteiger partial charge in [0.05, 0.1) is 5.69 Å². The quantitative estimate of drug-likeness (QED) is 0.546. The van der Waals surface area contributed by atoms with E-state index < -0.39 is 0 Å². The van der Waals surface area contributed by atoms with Gasteiger partial charge in [0.15, 0.2) is 0 Å². The molecule has 1 aromatic rings. The summed E-state index contributed by atoms with van der Waals surface area (Å²) in [5.41, 5.74) is 1.36. The minimum atomic E-state index is -0.0792. The van der Waals surface area contributed by atoms with Gasteiger partial charge in [0.25, 0.3) is 0 Å². The van der Waals surface area contributed by atoms with E-state index in [0.29, 0.717) is 0 Å². The van der Waals surface area contributed by atoms with Gasteiger partial charge in [0.1, 0.15) is 0 Å². The Morgan fingerprint density at radius 2 is 2.64 bits per heavy atom. The molecule has 0 radical (unpaired) electrons. The third-order valence-corrected chi connectivity index (χ3v) is 3.35. The Morgan fingerprint density at radius 1 is 1.73 bits per heavy atom. The maximum atomic E-state index is 4.40. The van der Waals surface area contributed by atoms with Crippen LogP contribution in [0.1, 0.15) is 5.69 Å². The molecule has 2 rings (SSSR count). The fourth-order valence-corrected chi connectivity index (χ4v) is 2.57. The molecule has 58 valence electrons. The van der Waals surface area contributed by atoms with Crippen LogP contribution in [-0.2, 0) is 13.1 Å². The van der Waals surface area contributed by atoms with E-state index in [9.17, 15) is 0 Å². The maximum absolute atomic E-state index is 4.40. The van der Waals surface area contributed by atoms with Crippen LogP contribution in [0.4, 0.5) is 0 Å². The van der Waals surface area contributed by atoms with Crippen molar-refractivity contribution in [3.63, 3.8) is 0 Å². The summed E-state index contributed by atoms with van der Waals surface area (Å²) in [5.74, 6) is 2.29. The number of hydrogen-bond acceptors (Lipinski definition) is 2. The lowest BCUT2D eigenvalue weighted by Gasteiger charge is -2.17. The van der Waals surface area contributed by atoms with Crippen LogP contribution in [0.2, 0.25) is 5.79 Å². The zero-order chi connectivity index (χ0) is 7.68. The van der Waals surface area contributed by atoms with Crippen LogP contribution in [0.3, 0.4) is 0 Å². The molecule has 2 heterocycles. The molecule has 3 nitrogen and oxygen atoms in total. The number of nitrogens with zero attached hydrogens (tertiary/aromatic N) is 2. The minimum Gasteiger partial charge on any atom is -0.345 e. The van der Waals surface area contributed by atoms with Crippen LogP contribution in [-0.4, -0.2) is 31.3 Å². The highest BCUT2D eigenvalue weighted by Gasteiger charge is 2.11. The standard InChI is InChI=1S/C6H8N3.CH3.Al.H/c1-2-9-5-8-4-6(9)3-7-1;;;/h4,7H,1-3H2;1H3;;. The van der Waals surface area contributed by atoms with Gasteiger partial charge in [-0.15, -0.1) is 5.79 Å². The SMILES string of the molecule is [CH3][AlH][c]1ncc2n1CCNC2. The van der Waals surface area contributed by atoms with E-state index in [0.717, 1.165) is 19.6 Å². The van der Waals surface area contributed by atoms with E-state index in [-0.39, 0.29) is 15.2 Å². The van der Waals surface area contributed by atoms with Crippen LogP contribution in [0.25, 0.3) is 0 Å². The molecule has 1 aromatic heterocycles. The van der Waals surface area contributed by atoms with E-state index >= 15 is 0 Å². The molecule has 4 heteroatoms. The number of fused-ring (bicyclic) bond motifs is 1. The van der Waals surface area contributed by atoms with Crippen LogP contribution in [0, 0.1) is 0 Å². The van der Waals surface area contributed by atoms with Gasteiger partial charge in [0.2, 0.25) is 0 Å². The van der Waals surface area contributed by atoms with Gasteiger partial charge in [-0.2, -0.15) is 0 Å². The lowest BCUT2D eigenvalue weighted by Crippen LogP contribution is -2.35. The molecule has 1 aliphatic rings. The molecule has 0 amide bonds. The van der Waals surface area contributed by atoms with Gasteiger partial charge >= 0.3 is 15.2 Å². The molecule has 1 aliphatic heterocycles. The second-order valence-electron chi connectivity index (χ2n) is 2.85. The van der Waals surface area contributed by atoms with Crippen molar-refractivity contribution in [1.29, 1.82) is 0 Å². The number of aromatic nitrogens is 2. The highest BCUT2D eigenvalue weighted by molar-refractivity contribution is 6.49. The molecule has 0 fully saturated rings. The Hall–Kier alpha value is -0.298. The van der Waals surface area contributed by atoms with E-state index in [2.05, 4.69) is 20.7 Å². The first-order valence-electron chi connectivity index (χ1n) is 4.16. The summed E-state index contributed by atoms with van der Waals surface area (Å²) >= 11 is -0.0792. The molecule has 0 saturated carbocycles. The summed E-state index contributed by atoms with van der Waals surface area (Å²) in [6.45, 7) is 3.22. The highest BCUT2D eigenvalue weighted by atomic mass is 27.1. The van der Waals surface area contributed by atoms with Crippen molar-refractivity contribution in [2.75, 3.05) is 6.54 Å². The van der Waals surface area contributed by atoms with Crippen molar-refractivity contribution in [2.45, 2.75) is 18.9 Å². The van der Waals surface area contributed by atoms with E-state index in [1.165, 1.54) is 10.4 Å². The topological polar surface area (TPSA) is 29.9 Å². The molecule has 0 aliphatic carbocycles. The predicted molar refractivity (Wildman–Crippen MR) is 46.6 cm³/mol. The van der Waals surface area contributed by atoms with Gasteiger partial charge in [-0.25, -0.2) is 0 Å². The number of imidazole rings is 1.